The van der Waals surface area contributed by atoms with Crippen LogP contribution >= 0.6 is 11.8 Å². The highest BCUT2D eigenvalue weighted by Gasteiger charge is 2.33. The lowest BCUT2D eigenvalue weighted by Gasteiger charge is -2.22. The van der Waals surface area contributed by atoms with Crippen LogP contribution in [0.15, 0.2) is 89.1 Å². The van der Waals surface area contributed by atoms with Crippen LogP contribution in [0.2, 0.25) is 0 Å². The zero-order valence-corrected chi connectivity index (χ0v) is 23.5. The summed E-state index contributed by atoms with van der Waals surface area (Å²) in [6.07, 6.45) is 0.768. The van der Waals surface area contributed by atoms with Crippen molar-refractivity contribution in [3.05, 3.63) is 107 Å². The second kappa shape index (κ2) is 12.8. The summed E-state index contributed by atoms with van der Waals surface area (Å²) in [5.41, 5.74) is 3.36. The van der Waals surface area contributed by atoms with Crippen molar-refractivity contribution in [2.75, 3.05) is 12.9 Å². The van der Waals surface area contributed by atoms with Crippen LogP contribution in [0.5, 0.6) is 5.75 Å². The Bertz CT molecular complexity index is 1540. The molecule has 210 valence electrons. The van der Waals surface area contributed by atoms with Crippen LogP contribution in [0.3, 0.4) is 0 Å². The second-order valence-corrected chi connectivity index (χ2v) is 10.4. The summed E-state index contributed by atoms with van der Waals surface area (Å²) in [7, 11) is 3.40. The first kappa shape index (κ1) is 28.0. The Morgan fingerprint density at radius 2 is 1.76 bits per heavy atom. The lowest BCUT2D eigenvalue weighted by molar-refractivity contribution is -0.130. The third-order valence-corrected chi connectivity index (χ3v) is 7.75. The molecule has 0 radical (unpaired) electrons. The third kappa shape index (κ3) is 6.80. The van der Waals surface area contributed by atoms with E-state index in [2.05, 4.69) is 20.6 Å². The smallest absolute Gasteiger partial charge is 0.253 e. The molecule has 1 aromatic heterocycles. The van der Waals surface area contributed by atoms with Crippen LogP contribution in [0.25, 0.3) is 0 Å². The molecule has 1 aliphatic rings. The Balaban J connectivity index is 1.24. The van der Waals surface area contributed by atoms with Gasteiger partial charge in [-0.3, -0.25) is 9.59 Å². The molecule has 9 nitrogen and oxygen atoms in total. The Morgan fingerprint density at radius 1 is 1.02 bits per heavy atom. The summed E-state index contributed by atoms with van der Waals surface area (Å²) in [6.45, 7) is 0.220. The van der Waals surface area contributed by atoms with E-state index < -0.39 is 0 Å². The van der Waals surface area contributed by atoms with Crippen molar-refractivity contribution in [2.45, 2.75) is 30.6 Å². The molecule has 0 unspecified atom stereocenters. The quantitative estimate of drug-likeness (QED) is 0.285. The number of carbonyl (C=O) groups excluding carboxylic acids is 2. The maximum Gasteiger partial charge on any atom is 0.253 e. The van der Waals surface area contributed by atoms with Gasteiger partial charge in [0.25, 0.3) is 5.91 Å². The summed E-state index contributed by atoms with van der Waals surface area (Å²) in [6, 6.07) is 22.8. The van der Waals surface area contributed by atoms with Gasteiger partial charge in [-0.25, -0.2) is 9.40 Å². The number of aromatic nitrogens is 3. The number of methoxy groups -OCH3 is 1. The zero-order chi connectivity index (χ0) is 28.8. The molecule has 11 heteroatoms. The van der Waals surface area contributed by atoms with Crippen LogP contribution in [0, 0.1) is 5.82 Å². The normalized spacial score (nSPS) is 14.6. The monoisotopic (exact) mass is 572 g/mol. The topological polar surface area (TPSA) is 102 Å². The van der Waals surface area contributed by atoms with E-state index in [0.29, 0.717) is 17.4 Å². The number of nitrogens with zero attached hydrogens (tertiary/aromatic N) is 5. The van der Waals surface area contributed by atoms with Crippen molar-refractivity contribution >= 4 is 29.3 Å². The fourth-order valence-corrected chi connectivity index (χ4v) is 5.26. The fraction of sp³-hybridized carbons (Fsp3) is 0.233. The van der Waals surface area contributed by atoms with Gasteiger partial charge in [-0.2, -0.15) is 5.10 Å². The molecular weight excluding hydrogens is 543 g/mol. The minimum absolute atomic E-state index is 0.0728. The van der Waals surface area contributed by atoms with Gasteiger partial charge in [0, 0.05) is 13.5 Å². The number of amides is 2. The largest absolute Gasteiger partial charge is 0.497 e. The highest BCUT2D eigenvalue weighted by Crippen LogP contribution is 2.34. The van der Waals surface area contributed by atoms with Crippen molar-refractivity contribution in [1.29, 1.82) is 0 Å². The van der Waals surface area contributed by atoms with Crippen LogP contribution < -0.4 is 10.1 Å². The predicted octanol–water partition coefficient (Wildman–Crippen LogP) is 4.29. The van der Waals surface area contributed by atoms with Gasteiger partial charge in [-0.05, 0) is 53.1 Å². The van der Waals surface area contributed by atoms with Gasteiger partial charge in [0.15, 0.2) is 11.0 Å². The fourth-order valence-electron chi connectivity index (χ4n) is 4.48. The molecule has 0 spiro atoms. The number of hydrogen-bond donors (Lipinski definition) is 1. The lowest BCUT2D eigenvalue weighted by atomic mass is 9.98. The number of rotatable bonds is 10. The van der Waals surface area contributed by atoms with Gasteiger partial charge in [0.05, 0.1) is 37.6 Å². The maximum atomic E-state index is 13.6. The van der Waals surface area contributed by atoms with Crippen molar-refractivity contribution in [2.24, 2.45) is 12.1 Å². The molecule has 5 rings (SSSR count). The van der Waals surface area contributed by atoms with Gasteiger partial charge in [-0.1, -0.05) is 54.2 Å². The number of halogens is 1. The molecule has 2 amide bonds. The number of ether oxygens (including phenoxy) is 1. The van der Waals surface area contributed by atoms with Crippen molar-refractivity contribution in [3.63, 3.8) is 0 Å². The Hall–Kier alpha value is -4.51. The molecule has 0 fully saturated rings. The van der Waals surface area contributed by atoms with Gasteiger partial charge in [0.1, 0.15) is 11.6 Å². The van der Waals surface area contributed by atoms with Gasteiger partial charge in [0.2, 0.25) is 5.91 Å². The number of carbonyl (C=O) groups is 2. The molecule has 1 atom stereocenters. The van der Waals surface area contributed by atoms with Crippen LogP contribution in [0.1, 0.15) is 35.0 Å². The molecule has 1 aliphatic heterocycles. The van der Waals surface area contributed by atoms with E-state index in [0.717, 1.165) is 28.2 Å². The molecule has 0 bridgehead atoms. The summed E-state index contributed by atoms with van der Waals surface area (Å²) in [4.78, 5) is 25.8. The molecule has 0 saturated carbocycles. The average Bonchev–Trinajstić information content (AvgIpc) is 3.60. The molecule has 0 aliphatic carbocycles. The zero-order valence-electron chi connectivity index (χ0n) is 22.7. The summed E-state index contributed by atoms with van der Waals surface area (Å²) < 4.78 is 20.6. The Labute approximate surface area is 241 Å². The highest BCUT2D eigenvalue weighted by molar-refractivity contribution is 7.99. The first-order chi connectivity index (χ1) is 19.9. The molecule has 3 aromatic carbocycles. The molecule has 2 heterocycles. The maximum absolute atomic E-state index is 13.6. The minimum Gasteiger partial charge on any atom is -0.497 e. The van der Waals surface area contributed by atoms with Crippen LogP contribution in [0.4, 0.5) is 4.39 Å². The van der Waals surface area contributed by atoms with Crippen molar-refractivity contribution < 1.29 is 18.7 Å². The highest BCUT2D eigenvalue weighted by atomic mass is 32.2. The van der Waals surface area contributed by atoms with Crippen LogP contribution in [-0.4, -0.2) is 50.2 Å². The van der Waals surface area contributed by atoms with E-state index >= 15 is 0 Å². The number of hydrazone groups is 1. The van der Waals surface area contributed by atoms with Crippen molar-refractivity contribution in [3.8, 4) is 5.75 Å². The average molecular weight is 573 g/mol. The molecule has 1 N–H and O–H groups in total. The predicted molar refractivity (Wildman–Crippen MR) is 154 cm³/mol. The van der Waals surface area contributed by atoms with E-state index in [1.807, 2.05) is 54.6 Å². The molecule has 41 heavy (non-hydrogen) atoms. The molecular formula is C30H29FN6O3S. The first-order valence-electron chi connectivity index (χ1n) is 13.0. The summed E-state index contributed by atoms with van der Waals surface area (Å²) in [5, 5.41) is 18.0. The number of nitrogens with one attached hydrogen (secondary N) is 1. The summed E-state index contributed by atoms with van der Waals surface area (Å²) >= 11 is 1.24. The Morgan fingerprint density at radius 3 is 2.46 bits per heavy atom. The van der Waals surface area contributed by atoms with Gasteiger partial charge < -0.3 is 14.6 Å². The minimum atomic E-state index is -0.365. The molecule has 4 aromatic rings. The van der Waals surface area contributed by atoms with E-state index in [4.69, 9.17) is 4.74 Å². The third-order valence-electron chi connectivity index (χ3n) is 6.74. The summed E-state index contributed by atoms with van der Waals surface area (Å²) in [5.74, 6) is 0.704. The standard InChI is InChI=1S/C30H29FN6O3S/c1-36-27(18-32-28(38)16-20-6-4-3-5-7-20)33-34-30(36)41-19-29(39)37-26(22-8-12-23(31)13-9-22)17-25(35-37)21-10-14-24(40-2)15-11-21/h3-15,26H,16-19H2,1-2H3,(H,32,38)/t26-/m1/s1. The van der Waals surface area contributed by atoms with Gasteiger partial charge >= 0.3 is 0 Å². The number of benzene rings is 3. The van der Waals surface area contributed by atoms with E-state index in [9.17, 15) is 14.0 Å². The Kier molecular flexibility index (Phi) is 8.73. The molecule has 0 saturated heterocycles. The van der Waals surface area contributed by atoms with Crippen LogP contribution in [-0.2, 0) is 29.6 Å². The van der Waals surface area contributed by atoms with E-state index in [-0.39, 0.29) is 42.4 Å². The van der Waals surface area contributed by atoms with E-state index in [1.165, 1.54) is 28.9 Å². The second-order valence-electron chi connectivity index (χ2n) is 9.47. The van der Waals surface area contributed by atoms with Gasteiger partial charge in [-0.15, -0.1) is 10.2 Å². The SMILES string of the molecule is COc1ccc(C2=NN(C(=O)CSc3nnc(CNC(=O)Cc4ccccc4)n3C)[C@@H](c3ccc(F)cc3)C2)cc1. The first-order valence-corrected chi connectivity index (χ1v) is 14.0. The number of hydrogen-bond acceptors (Lipinski definition) is 7. The lowest BCUT2D eigenvalue weighted by Crippen LogP contribution is -2.28. The van der Waals surface area contributed by atoms with Crippen molar-refractivity contribution in [1.82, 2.24) is 25.1 Å². The number of thioether (sulfide) groups is 1. The van der Waals surface area contributed by atoms with E-state index in [1.54, 1.807) is 30.9 Å².